The van der Waals surface area contributed by atoms with Crippen molar-refractivity contribution in [2.75, 3.05) is 12.8 Å². The Hall–Kier alpha value is -1.81. The van der Waals surface area contributed by atoms with E-state index in [4.69, 9.17) is 0 Å². The summed E-state index contributed by atoms with van der Waals surface area (Å²) in [5.74, 6) is -0.316. The second-order valence-corrected chi connectivity index (χ2v) is 5.18. The molecule has 2 nitrogen and oxygen atoms in total. The van der Waals surface area contributed by atoms with Crippen molar-refractivity contribution in [3.8, 4) is 0 Å². The fourth-order valence-electron chi connectivity index (χ4n) is 1.90. The van der Waals surface area contributed by atoms with E-state index < -0.39 is 0 Å². The van der Waals surface area contributed by atoms with E-state index in [0.717, 1.165) is 10.5 Å². The van der Waals surface area contributed by atoms with E-state index >= 15 is 0 Å². The molecule has 2 aromatic rings. The van der Waals surface area contributed by atoms with Gasteiger partial charge in [-0.3, -0.25) is 4.79 Å². The molecule has 0 saturated carbocycles. The van der Waals surface area contributed by atoms with Gasteiger partial charge < -0.3 is 5.32 Å². The normalized spacial score (nSPS) is 10.3. The van der Waals surface area contributed by atoms with E-state index in [-0.39, 0.29) is 11.7 Å². The van der Waals surface area contributed by atoms with Crippen LogP contribution in [0.4, 0.5) is 4.39 Å². The number of amides is 1. The number of carbonyl (C=O) groups is 1. The zero-order valence-corrected chi connectivity index (χ0v) is 12.0. The minimum atomic E-state index is -0.244. The van der Waals surface area contributed by atoms with Crippen LogP contribution in [-0.4, -0.2) is 18.7 Å². The molecule has 0 radical (unpaired) electrons. The van der Waals surface area contributed by atoms with Gasteiger partial charge in [0.25, 0.3) is 5.91 Å². The molecular weight excluding hydrogens is 273 g/mol. The van der Waals surface area contributed by atoms with Gasteiger partial charge in [-0.15, -0.1) is 11.8 Å². The van der Waals surface area contributed by atoms with Gasteiger partial charge in [0.05, 0.1) is 5.56 Å². The van der Waals surface area contributed by atoms with Crippen molar-refractivity contribution in [2.45, 2.75) is 11.3 Å². The molecule has 2 rings (SSSR count). The number of benzene rings is 2. The summed E-state index contributed by atoms with van der Waals surface area (Å²) in [5.41, 5.74) is 1.70. The summed E-state index contributed by atoms with van der Waals surface area (Å²) in [4.78, 5) is 13.0. The van der Waals surface area contributed by atoms with Gasteiger partial charge in [-0.05, 0) is 42.5 Å². The quantitative estimate of drug-likeness (QED) is 0.853. The lowest BCUT2D eigenvalue weighted by atomic mass is 10.1. The molecule has 0 aliphatic carbocycles. The molecule has 0 heterocycles. The van der Waals surface area contributed by atoms with Gasteiger partial charge >= 0.3 is 0 Å². The molecule has 2 aromatic carbocycles. The largest absolute Gasteiger partial charge is 0.352 e. The molecule has 0 unspecified atom stereocenters. The number of rotatable bonds is 5. The van der Waals surface area contributed by atoms with E-state index in [9.17, 15) is 9.18 Å². The number of carbonyl (C=O) groups excluding carboxylic acids is 1. The fraction of sp³-hybridized carbons (Fsp3) is 0.188. The number of thioether (sulfide) groups is 1. The number of hydrogen-bond acceptors (Lipinski definition) is 2. The summed E-state index contributed by atoms with van der Waals surface area (Å²) in [5, 5.41) is 2.89. The number of nitrogens with one attached hydrogen (secondary N) is 1. The van der Waals surface area contributed by atoms with Crippen molar-refractivity contribution < 1.29 is 9.18 Å². The zero-order chi connectivity index (χ0) is 14.4. The highest BCUT2D eigenvalue weighted by atomic mass is 32.2. The third kappa shape index (κ3) is 3.84. The van der Waals surface area contributed by atoms with Crippen LogP contribution in [0.25, 0.3) is 0 Å². The first-order chi connectivity index (χ1) is 9.70. The average Bonchev–Trinajstić information content (AvgIpc) is 2.49. The summed E-state index contributed by atoms with van der Waals surface area (Å²) in [6, 6.07) is 13.9. The Morgan fingerprint density at radius 3 is 2.55 bits per heavy atom. The van der Waals surface area contributed by atoms with E-state index in [1.165, 1.54) is 12.1 Å². The van der Waals surface area contributed by atoms with E-state index in [1.807, 2.05) is 30.5 Å². The first-order valence-electron chi connectivity index (χ1n) is 6.36. The molecule has 20 heavy (non-hydrogen) atoms. The lowest BCUT2D eigenvalue weighted by Crippen LogP contribution is -2.26. The van der Waals surface area contributed by atoms with E-state index in [2.05, 4.69) is 5.32 Å². The molecule has 104 valence electrons. The van der Waals surface area contributed by atoms with Gasteiger partial charge in [0.1, 0.15) is 5.82 Å². The molecule has 1 amide bonds. The molecular formula is C16H16FNOS. The molecule has 1 N–H and O–H groups in total. The molecule has 0 aliphatic rings. The Morgan fingerprint density at radius 1 is 1.15 bits per heavy atom. The van der Waals surface area contributed by atoms with Gasteiger partial charge in [0, 0.05) is 11.4 Å². The standard InChI is InChI=1S/C16H16FNOS/c1-20-15-5-3-2-4-14(15)16(19)18-11-10-12-6-8-13(17)9-7-12/h2-9H,10-11H2,1H3,(H,18,19). The highest BCUT2D eigenvalue weighted by Crippen LogP contribution is 2.19. The Kier molecular flexibility index (Phi) is 5.18. The maximum atomic E-state index is 12.8. The lowest BCUT2D eigenvalue weighted by Gasteiger charge is -2.08. The first kappa shape index (κ1) is 14.6. The van der Waals surface area contributed by atoms with Gasteiger partial charge in [0.2, 0.25) is 0 Å². The van der Waals surface area contributed by atoms with Crippen molar-refractivity contribution in [2.24, 2.45) is 0 Å². The van der Waals surface area contributed by atoms with Crippen LogP contribution in [0.15, 0.2) is 53.4 Å². The van der Waals surface area contributed by atoms with Crippen LogP contribution in [-0.2, 0) is 6.42 Å². The van der Waals surface area contributed by atoms with Crippen LogP contribution in [0.3, 0.4) is 0 Å². The smallest absolute Gasteiger partial charge is 0.252 e. The molecule has 4 heteroatoms. The topological polar surface area (TPSA) is 29.1 Å². The van der Waals surface area contributed by atoms with Crippen molar-refractivity contribution in [1.82, 2.24) is 5.32 Å². The molecule has 0 aromatic heterocycles. The van der Waals surface area contributed by atoms with Crippen LogP contribution < -0.4 is 5.32 Å². The van der Waals surface area contributed by atoms with Crippen molar-refractivity contribution in [3.63, 3.8) is 0 Å². The molecule has 0 bridgehead atoms. The van der Waals surface area contributed by atoms with Crippen LogP contribution in [0.2, 0.25) is 0 Å². The summed E-state index contributed by atoms with van der Waals surface area (Å²) in [6.07, 6.45) is 2.64. The maximum absolute atomic E-state index is 12.8. The molecule has 0 spiro atoms. The van der Waals surface area contributed by atoms with Gasteiger partial charge in [0.15, 0.2) is 0 Å². The number of halogens is 1. The average molecular weight is 289 g/mol. The monoisotopic (exact) mass is 289 g/mol. The Labute approximate surface area is 122 Å². The predicted octanol–water partition coefficient (Wildman–Crippen LogP) is 3.52. The molecule has 0 saturated heterocycles. The van der Waals surface area contributed by atoms with E-state index in [0.29, 0.717) is 18.5 Å². The summed E-state index contributed by atoms with van der Waals surface area (Å²) < 4.78 is 12.8. The highest BCUT2D eigenvalue weighted by molar-refractivity contribution is 7.98. The molecule has 0 aliphatic heterocycles. The third-order valence-electron chi connectivity index (χ3n) is 2.96. The van der Waals surface area contributed by atoms with Crippen molar-refractivity contribution >= 4 is 17.7 Å². The van der Waals surface area contributed by atoms with E-state index in [1.54, 1.807) is 23.9 Å². The Balaban J connectivity index is 1.90. The van der Waals surface area contributed by atoms with Crippen molar-refractivity contribution in [3.05, 3.63) is 65.5 Å². The summed E-state index contributed by atoms with van der Waals surface area (Å²) >= 11 is 1.55. The fourth-order valence-corrected chi connectivity index (χ4v) is 2.49. The SMILES string of the molecule is CSc1ccccc1C(=O)NCCc1ccc(F)cc1. The lowest BCUT2D eigenvalue weighted by molar-refractivity contribution is 0.0951. The van der Waals surface area contributed by atoms with Crippen LogP contribution in [0.5, 0.6) is 0 Å². The Morgan fingerprint density at radius 2 is 1.85 bits per heavy atom. The summed E-state index contributed by atoms with van der Waals surface area (Å²) in [6.45, 7) is 0.535. The minimum absolute atomic E-state index is 0.0722. The minimum Gasteiger partial charge on any atom is -0.352 e. The third-order valence-corrected chi connectivity index (χ3v) is 3.76. The maximum Gasteiger partial charge on any atom is 0.252 e. The first-order valence-corrected chi connectivity index (χ1v) is 7.59. The molecule has 0 fully saturated rings. The van der Waals surface area contributed by atoms with Crippen LogP contribution in [0.1, 0.15) is 15.9 Å². The van der Waals surface area contributed by atoms with Crippen LogP contribution >= 0.6 is 11.8 Å². The van der Waals surface area contributed by atoms with Gasteiger partial charge in [-0.1, -0.05) is 24.3 Å². The van der Waals surface area contributed by atoms with Crippen LogP contribution in [0, 0.1) is 5.82 Å². The predicted molar refractivity (Wildman–Crippen MR) is 80.7 cm³/mol. The zero-order valence-electron chi connectivity index (χ0n) is 11.2. The number of hydrogen-bond donors (Lipinski definition) is 1. The summed E-state index contributed by atoms with van der Waals surface area (Å²) in [7, 11) is 0. The highest BCUT2D eigenvalue weighted by Gasteiger charge is 2.09. The second kappa shape index (κ2) is 7.10. The van der Waals surface area contributed by atoms with Crippen molar-refractivity contribution in [1.29, 1.82) is 0 Å². The second-order valence-electron chi connectivity index (χ2n) is 4.33. The van der Waals surface area contributed by atoms with Gasteiger partial charge in [-0.2, -0.15) is 0 Å². The molecule has 0 atom stereocenters. The van der Waals surface area contributed by atoms with Gasteiger partial charge in [-0.25, -0.2) is 4.39 Å². The Bertz CT molecular complexity index is 583.